The summed E-state index contributed by atoms with van der Waals surface area (Å²) in [6.07, 6.45) is 2.22. The van der Waals surface area contributed by atoms with Gasteiger partial charge in [0.15, 0.2) is 0 Å². The first kappa shape index (κ1) is 15.2. The van der Waals surface area contributed by atoms with Crippen molar-refractivity contribution in [2.24, 2.45) is 11.1 Å². The van der Waals surface area contributed by atoms with Gasteiger partial charge >= 0.3 is 0 Å². The number of hydrogen-bond acceptors (Lipinski definition) is 1. The van der Waals surface area contributed by atoms with Crippen LogP contribution in [0.3, 0.4) is 0 Å². The topological polar surface area (TPSA) is 26.0 Å². The van der Waals surface area contributed by atoms with Crippen molar-refractivity contribution in [3.63, 3.8) is 0 Å². The molecule has 0 bridgehead atoms. The van der Waals surface area contributed by atoms with E-state index < -0.39 is 0 Å². The zero-order valence-electron chi connectivity index (χ0n) is 12.9. The minimum absolute atomic E-state index is 0.165. The molecule has 0 amide bonds. The largest absolute Gasteiger partial charge is 0.324 e. The fourth-order valence-corrected chi connectivity index (χ4v) is 1.99. The van der Waals surface area contributed by atoms with E-state index in [-0.39, 0.29) is 11.5 Å². The summed E-state index contributed by atoms with van der Waals surface area (Å²) in [5, 5.41) is 0. The highest BCUT2D eigenvalue weighted by atomic mass is 14.6. The van der Waals surface area contributed by atoms with Crippen molar-refractivity contribution in [3.8, 4) is 0 Å². The van der Waals surface area contributed by atoms with Crippen molar-refractivity contribution in [1.29, 1.82) is 0 Å². The van der Waals surface area contributed by atoms with Crippen LogP contribution in [0.2, 0.25) is 0 Å². The molecule has 1 heteroatoms. The molecule has 0 heterocycles. The van der Waals surface area contributed by atoms with E-state index in [4.69, 9.17) is 5.73 Å². The molecule has 0 aliphatic carbocycles. The Kier molecular flexibility index (Phi) is 4.61. The lowest BCUT2D eigenvalue weighted by molar-refractivity contribution is 0.350. The van der Waals surface area contributed by atoms with Gasteiger partial charge in [0.05, 0.1) is 0 Å². The van der Waals surface area contributed by atoms with Gasteiger partial charge in [-0.1, -0.05) is 65.8 Å². The van der Waals surface area contributed by atoms with E-state index in [1.807, 2.05) is 0 Å². The zero-order valence-corrected chi connectivity index (χ0v) is 12.9. The number of hydrogen-bond donors (Lipinski definition) is 1. The van der Waals surface area contributed by atoms with Crippen LogP contribution in [0, 0.1) is 5.41 Å². The molecule has 18 heavy (non-hydrogen) atoms. The Balaban J connectivity index is 2.68. The maximum atomic E-state index is 6.26. The van der Waals surface area contributed by atoms with Crippen LogP contribution in [-0.2, 0) is 5.41 Å². The monoisotopic (exact) mass is 247 g/mol. The molecule has 0 spiro atoms. The van der Waals surface area contributed by atoms with Crippen molar-refractivity contribution >= 4 is 0 Å². The molecular formula is C17H29N. The molecule has 0 aromatic heterocycles. The average Bonchev–Trinajstić information content (AvgIpc) is 2.24. The molecule has 0 aliphatic heterocycles. The van der Waals surface area contributed by atoms with Gasteiger partial charge in [-0.3, -0.25) is 0 Å². The summed E-state index contributed by atoms with van der Waals surface area (Å²) in [4.78, 5) is 0. The second-order valence-corrected chi connectivity index (χ2v) is 7.58. The van der Waals surface area contributed by atoms with E-state index in [0.29, 0.717) is 5.41 Å². The molecule has 0 saturated heterocycles. The summed E-state index contributed by atoms with van der Waals surface area (Å²) in [5.41, 5.74) is 9.47. The maximum Gasteiger partial charge on any atom is 0.0295 e. The Labute approximate surface area is 113 Å². The fourth-order valence-electron chi connectivity index (χ4n) is 1.99. The predicted octanol–water partition coefficient (Wildman–Crippen LogP) is 4.81. The Bertz CT molecular complexity index is 362. The Morgan fingerprint density at radius 2 is 1.44 bits per heavy atom. The van der Waals surface area contributed by atoms with Crippen LogP contribution in [0.4, 0.5) is 0 Å². The first-order valence-electron chi connectivity index (χ1n) is 6.96. The molecule has 1 rings (SSSR count). The van der Waals surface area contributed by atoms with Gasteiger partial charge in [-0.15, -0.1) is 0 Å². The standard InChI is InChI=1S/C17H29N/c1-16(2,3)12-11-15(18)13-7-9-14(10-8-13)17(4,5)6/h7-10,15H,11-12,18H2,1-6H3. The van der Waals surface area contributed by atoms with Crippen LogP contribution in [0.5, 0.6) is 0 Å². The van der Waals surface area contributed by atoms with Gasteiger partial charge in [0, 0.05) is 6.04 Å². The molecule has 1 aromatic rings. The highest BCUT2D eigenvalue weighted by molar-refractivity contribution is 5.29. The molecule has 0 aliphatic rings. The molecule has 1 aromatic carbocycles. The van der Waals surface area contributed by atoms with Crippen LogP contribution >= 0.6 is 0 Å². The summed E-state index contributed by atoms with van der Waals surface area (Å²) in [6.45, 7) is 13.5. The second kappa shape index (κ2) is 5.44. The fraction of sp³-hybridized carbons (Fsp3) is 0.647. The molecule has 0 radical (unpaired) electrons. The Morgan fingerprint density at radius 1 is 0.944 bits per heavy atom. The number of benzene rings is 1. The second-order valence-electron chi connectivity index (χ2n) is 7.58. The third-order valence-electron chi connectivity index (χ3n) is 3.41. The van der Waals surface area contributed by atoms with E-state index >= 15 is 0 Å². The van der Waals surface area contributed by atoms with Crippen molar-refractivity contribution < 1.29 is 0 Å². The van der Waals surface area contributed by atoms with E-state index in [0.717, 1.165) is 12.8 Å². The lowest BCUT2D eigenvalue weighted by atomic mass is 9.85. The lowest BCUT2D eigenvalue weighted by Gasteiger charge is -2.22. The van der Waals surface area contributed by atoms with Crippen molar-refractivity contribution in [2.45, 2.75) is 65.8 Å². The van der Waals surface area contributed by atoms with Gasteiger partial charge < -0.3 is 5.73 Å². The van der Waals surface area contributed by atoms with Gasteiger partial charge in [0.1, 0.15) is 0 Å². The smallest absolute Gasteiger partial charge is 0.0295 e. The number of nitrogens with two attached hydrogens (primary N) is 1. The van der Waals surface area contributed by atoms with E-state index in [1.54, 1.807) is 0 Å². The maximum absolute atomic E-state index is 6.26. The third-order valence-corrected chi connectivity index (χ3v) is 3.41. The molecule has 0 fully saturated rings. The first-order chi connectivity index (χ1) is 8.09. The molecule has 1 unspecified atom stereocenters. The summed E-state index contributed by atoms with van der Waals surface area (Å²) >= 11 is 0. The van der Waals surface area contributed by atoms with Crippen LogP contribution in [0.1, 0.15) is 71.6 Å². The normalized spacial score (nSPS) is 14.6. The van der Waals surface area contributed by atoms with Gasteiger partial charge in [-0.05, 0) is 34.8 Å². The summed E-state index contributed by atoms with van der Waals surface area (Å²) < 4.78 is 0. The number of rotatable bonds is 3. The molecular weight excluding hydrogens is 218 g/mol. The van der Waals surface area contributed by atoms with Gasteiger partial charge in [0.2, 0.25) is 0 Å². The first-order valence-corrected chi connectivity index (χ1v) is 6.96. The molecule has 1 atom stereocenters. The molecule has 0 saturated carbocycles. The molecule has 2 N–H and O–H groups in total. The van der Waals surface area contributed by atoms with Crippen LogP contribution in [-0.4, -0.2) is 0 Å². The van der Waals surface area contributed by atoms with Gasteiger partial charge in [-0.2, -0.15) is 0 Å². The van der Waals surface area contributed by atoms with E-state index in [2.05, 4.69) is 65.8 Å². The van der Waals surface area contributed by atoms with Crippen molar-refractivity contribution in [3.05, 3.63) is 35.4 Å². The third kappa shape index (κ3) is 4.81. The van der Waals surface area contributed by atoms with E-state index in [9.17, 15) is 0 Å². The average molecular weight is 247 g/mol. The van der Waals surface area contributed by atoms with Crippen LogP contribution < -0.4 is 5.73 Å². The van der Waals surface area contributed by atoms with Crippen LogP contribution in [0.25, 0.3) is 0 Å². The lowest BCUT2D eigenvalue weighted by Crippen LogP contribution is -2.15. The Morgan fingerprint density at radius 3 is 1.83 bits per heavy atom. The molecule has 1 nitrogen and oxygen atoms in total. The summed E-state index contributed by atoms with van der Waals surface area (Å²) in [7, 11) is 0. The zero-order chi connectivity index (χ0) is 14.0. The van der Waals surface area contributed by atoms with Crippen molar-refractivity contribution in [2.75, 3.05) is 0 Å². The summed E-state index contributed by atoms with van der Waals surface area (Å²) in [6, 6.07) is 8.97. The molecule has 102 valence electrons. The van der Waals surface area contributed by atoms with Crippen LogP contribution in [0.15, 0.2) is 24.3 Å². The van der Waals surface area contributed by atoms with Crippen molar-refractivity contribution in [1.82, 2.24) is 0 Å². The van der Waals surface area contributed by atoms with Gasteiger partial charge in [-0.25, -0.2) is 0 Å². The summed E-state index contributed by atoms with van der Waals surface area (Å²) in [5.74, 6) is 0. The highest BCUT2D eigenvalue weighted by Gasteiger charge is 2.16. The minimum Gasteiger partial charge on any atom is -0.324 e. The highest BCUT2D eigenvalue weighted by Crippen LogP contribution is 2.28. The Hall–Kier alpha value is -0.820. The van der Waals surface area contributed by atoms with E-state index in [1.165, 1.54) is 11.1 Å². The predicted molar refractivity (Wildman–Crippen MR) is 80.8 cm³/mol. The quantitative estimate of drug-likeness (QED) is 0.815. The minimum atomic E-state index is 0.165. The SMILES string of the molecule is CC(C)(C)CCC(N)c1ccc(C(C)(C)C)cc1. The van der Waals surface area contributed by atoms with Gasteiger partial charge in [0.25, 0.3) is 0 Å².